The van der Waals surface area contributed by atoms with Crippen molar-refractivity contribution < 1.29 is 19.1 Å². The average Bonchev–Trinajstić information content (AvgIpc) is 3.10. The summed E-state index contributed by atoms with van der Waals surface area (Å²) in [6.07, 6.45) is 25.8. The Morgan fingerprint density at radius 2 is 1.14 bits per heavy atom. The molecule has 6 heteroatoms. The Hall–Kier alpha value is -2.06. The number of allylic oxidation sites excluding steroid dienone is 1. The summed E-state index contributed by atoms with van der Waals surface area (Å²) in [5.74, 6) is 1.14. The number of hydrogen-bond donors (Lipinski definition) is 0. The Balaban J connectivity index is 2.06. The molecule has 0 bridgehead atoms. The average molecular weight is 697 g/mol. The second-order valence-corrected chi connectivity index (χ2v) is 15.4. The van der Waals surface area contributed by atoms with Crippen LogP contribution in [-0.4, -0.2) is 74.7 Å². The summed E-state index contributed by atoms with van der Waals surface area (Å²) in [7, 11) is 2.23. The molecule has 0 aromatic heterocycles. The predicted octanol–water partition coefficient (Wildman–Crippen LogP) is 10.6. The fourth-order valence-electron chi connectivity index (χ4n) is 7.81. The smallest absolute Gasteiger partial charge is 0.305 e. The van der Waals surface area contributed by atoms with Gasteiger partial charge >= 0.3 is 11.9 Å². The third-order valence-corrected chi connectivity index (χ3v) is 11.0. The van der Waals surface area contributed by atoms with Crippen LogP contribution in [0.25, 0.3) is 0 Å². The third-order valence-electron chi connectivity index (χ3n) is 11.0. The molecule has 2 saturated heterocycles. The summed E-state index contributed by atoms with van der Waals surface area (Å²) in [5.41, 5.74) is 10.5. The van der Waals surface area contributed by atoms with Crippen LogP contribution in [0.2, 0.25) is 0 Å². The number of esters is 2. The van der Waals surface area contributed by atoms with Crippen LogP contribution in [0.1, 0.15) is 168 Å². The van der Waals surface area contributed by atoms with Crippen LogP contribution in [0, 0.1) is 17.8 Å². The zero-order valence-electron chi connectivity index (χ0n) is 32.9. The van der Waals surface area contributed by atoms with Gasteiger partial charge in [-0.2, -0.15) is 0 Å². The molecule has 0 saturated carbocycles. The van der Waals surface area contributed by atoms with Crippen LogP contribution >= 0.6 is 0 Å². The van der Waals surface area contributed by atoms with E-state index in [1.807, 2.05) is 0 Å². The fourth-order valence-corrected chi connectivity index (χ4v) is 7.81. The number of carbonyl (C=O) groups is 2. The number of hydrogen-bond acceptors (Lipinski definition) is 6. The minimum Gasteiger partial charge on any atom is -0.466 e. The highest BCUT2D eigenvalue weighted by atomic mass is 16.5. The monoisotopic (exact) mass is 697 g/mol. The van der Waals surface area contributed by atoms with Gasteiger partial charge in [0.25, 0.3) is 0 Å². The molecule has 0 radical (unpaired) electrons. The summed E-state index contributed by atoms with van der Waals surface area (Å²) in [6.45, 7) is 15.1. The standard InChI is InChI=1S/C44H76N2O4/c1-5-8-17-25-40-30-36-49-43(47)28-21-15-11-13-19-23-39(38-46-34-32-45(4)33-35-46)24-20-14-12-16-22-29-44(48)50-37-31-41(26-18-9-6-2)42(40)27-10-7-3/h39-41H,3,5-6,8-9,11-26,28-38H2,1-2,4H3. The van der Waals surface area contributed by atoms with Gasteiger partial charge in [0.05, 0.1) is 13.2 Å². The molecule has 50 heavy (non-hydrogen) atoms. The van der Waals surface area contributed by atoms with Crippen LogP contribution in [-0.2, 0) is 19.1 Å². The number of carbonyl (C=O) groups excluding carboxylic acids is 2. The van der Waals surface area contributed by atoms with Crippen LogP contribution < -0.4 is 0 Å². The Morgan fingerprint density at radius 1 is 0.660 bits per heavy atom. The maximum absolute atomic E-state index is 12.8. The zero-order valence-corrected chi connectivity index (χ0v) is 32.9. The van der Waals surface area contributed by atoms with Crippen molar-refractivity contribution in [1.29, 1.82) is 0 Å². The quantitative estimate of drug-likeness (QED) is 0.129. The highest BCUT2D eigenvalue weighted by Crippen LogP contribution is 2.33. The normalized spacial score (nSPS) is 24.7. The van der Waals surface area contributed by atoms with E-state index in [4.69, 9.17) is 9.47 Å². The summed E-state index contributed by atoms with van der Waals surface area (Å²) in [6, 6.07) is 0. The maximum Gasteiger partial charge on any atom is 0.305 e. The second kappa shape index (κ2) is 29.5. The van der Waals surface area contributed by atoms with Gasteiger partial charge in [-0.3, -0.25) is 9.59 Å². The van der Waals surface area contributed by atoms with E-state index in [0.717, 1.165) is 83.0 Å². The van der Waals surface area contributed by atoms with Gasteiger partial charge < -0.3 is 19.3 Å². The molecule has 6 nitrogen and oxygen atoms in total. The summed E-state index contributed by atoms with van der Waals surface area (Å²) in [4.78, 5) is 30.6. The van der Waals surface area contributed by atoms with Crippen molar-refractivity contribution in [2.45, 2.75) is 168 Å². The third kappa shape index (κ3) is 21.3. The molecule has 0 aromatic rings. The van der Waals surface area contributed by atoms with E-state index in [0.29, 0.717) is 26.1 Å². The lowest BCUT2D eigenvalue weighted by Gasteiger charge is -2.34. The number of ether oxygens (including phenoxy) is 2. The van der Waals surface area contributed by atoms with Gasteiger partial charge in [-0.05, 0) is 94.1 Å². The summed E-state index contributed by atoms with van der Waals surface area (Å²) < 4.78 is 11.7. The molecular formula is C44H76N2O4. The Bertz CT molecular complexity index is 963. The minimum absolute atomic E-state index is 0.0653. The van der Waals surface area contributed by atoms with Gasteiger partial charge in [0.1, 0.15) is 0 Å². The van der Waals surface area contributed by atoms with Gasteiger partial charge in [0.15, 0.2) is 0 Å². The molecule has 0 spiro atoms. The van der Waals surface area contributed by atoms with Gasteiger partial charge in [-0.25, -0.2) is 0 Å². The van der Waals surface area contributed by atoms with Crippen molar-refractivity contribution in [1.82, 2.24) is 9.80 Å². The number of unbranched alkanes of at least 4 members (excludes halogenated alkanes) is 4. The van der Waals surface area contributed by atoms with Crippen molar-refractivity contribution in [2.24, 2.45) is 17.8 Å². The molecule has 2 aliphatic heterocycles. The van der Waals surface area contributed by atoms with E-state index in [-0.39, 0.29) is 23.8 Å². The molecule has 0 amide bonds. The highest BCUT2D eigenvalue weighted by Gasteiger charge is 2.24. The summed E-state index contributed by atoms with van der Waals surface area (Å²) >= 11 is 0. The summed E-state index contributed by atoms with van der Waals surface area (Å²) in [5, 5.41) is 0. The molecule has 286 valence electrons. The van der Waals surface area contributed by atoms with E-state index in [1.54, 1.807) is 0 Å². The Labute approximate surface area is 308 Å². The lowest BCUT2D eigenvalue weighted by atomic mass is 9.79. The minimum atomic E-state index is -0.0653. The van der Waals surface area contributed by atoms with E-state index >= 15 is 0 Å². The Morgan fingerprint density at radius 3 is 1.62 bits per heavy atom. The Kier molecular flexibility index (Phi) is 26.0. The van der Waals surface area contributed by atoms with Crippen molar-refractivity contribution in [3.05, 3.63) is 29.3 Å². The first-order valence-electron chi connectivity index (χ1n) is 21.1. The van der Waals surface area contributed by atoms with Crippen molar-refractivity contribution >= 4 is 11.9 Å². The number of likely N-dealkylation sites (N-methyl/N-ethyl adjacent to an activating group) is 1. The first-order chi connectivity index (χ1) is 24.5. The van der Waals surface area contributed by atoms with Crippen LogP contribution in [0.15, 0.2) is 29.3 Å². The molecule has 2 unspecified atom stereocenters. The van der Waals surface area contributed by atoms with Crippen molar-refractivity contribution in [2.75, 3.05) is 53.0 Å². The first-order valence-corrected chi connectivity index (χ1v) is 21.1. The van der Waals surface area contributed by atoms with Crippen LogP contribution in [0.5, 0.6) is 0 Å². The van der Waals surface area contributed by atoms with E-state index in [1.165, 1.54) is 103 Å². The number of cyclic esters (lactones) is 2. The largest absolute Gasteiger partial charge is 0.466 e. The molecule has 0 aromatic carbocycles. The van der Waals surface area contributed by atoms with Crippen molar-refractivity contribution in [3.63, 3.8) is 0 Å². The van der Waals surface area contributed by atoms with E-state index in [2.05, 4.69) is 54.5 Å². The van der Waals surface area contributed by atoms with Gasteiger partial charge in [0.2, 0.25) is 0 Å². The lowest BCUT2D eigenvalue weighted by molar-refractivity contribution is -0.144. The number of rotatable bonds is 10. The van der Waals surface area contributed by atoms with Gasteiger partial charge in [-0.15, -0.1) is 0 Å². The van der Waals surface area contributed by atoms with Crippen molar-refractivity contribution in [3.8, 4) is 0 Å². The zero-order chi connectivity index (χ0) is 36.1. The molecule has 2 aliphatic rings. The molecule has 2 atom stereocenters. The second-order valence-electron chi connectivity index (χ2n) is 15.4. The van der Waals surface area contributed by atoms with Gasteiger partial charge in [-0.1, -0.05) is 115 Å². The van der Waals surface area contributed by atoms with E-state index in [9.17, 15) is 9.59 Å². The molecule has 2 fully saturated rings. The molecule has 2 heterocycles. The van der Waals surface area contributed by atoms with Crippen LogP contribution in [0.4, 0.5) is 0 Å². The fraction of sp³-hybridized carbons (Fsp3) is 0.841. The maximum atomic E-state index is 12.8. The first kappa shape index (κ1) is 44.1. The molecule has 0 N–H and O–H groups in total. The van der Waals surface area contributed by atoms with Crippen LogP contribution in [0.3, 0.4) is 0 Å². The lowest BCUT2D eigenvalue weighted by Crippen LogP contribution is -2.46. The van der Waals surface area contributed by atoms with E-state index < -0.39 is 0 Å². The van der Waals surface area contributed by atoms with Gasteiger partial charge in [0, 0.05) is 45.6 Å². The molecule has 2 rings (SSSR count). The number of piperazine rings is 1. The highest BCUT2D eigenvalue weighted by molar-refractivity contribution is 5.69. The SMILES string of the molecule is C=C=C=C=C1C(CCCCC)CCOC(=O)CCCCCCCC(CN2CCN(C)CC2)CCCCCCCC(=O)OCCC1CCCCC. The topological polar surface area (TPSA) is 59.1 Å². The number of nitrogens with zero attached hydrogens (tertiary/aromatic N) is 2. The molecule has 0 aliphatic carbocycles. The molecular weight excluding hydrogens is 620 g/mol. The predicted molar refractivity (Wildman–Crippen MR) is 208 cm³/mol.